The lowest BCUT2D eigenvalue weighted by Crippen LogP contribution is -2.44. The fourth-order valence-corrected chi connectivity index (χ4v) is 3.02. The third kappa shape index (κ3) is 10.6. The lowest BCUT2D eigenvalue weighted by atomic mass is 10.2. The van der Waals surface area contributed by atoms with E-state index in [1.807, 2.05) is 6.07 Å². The van der Waals surface area contributed by atoms with E-state index < -0.39 is 0 Å². The van der Waals surface area contributed by atoms with E-state index in [9.17, 15) is 0 Å². The Bertz CT molecular complexity index is 524. The summed E-state index contributed by atoms with van der Waals surface area (Å²) < 4.78 is 11.2. The summed E-state index contributed by atoms with van der Waals surface area (Å²) in [5, 5.41) is 6.72. The summed E-state index contributed by atoms with van der Waals surface area (Å²) >= 11 is 0. The fraction of sp³-hybridized carbons (Fsp3) is 0.667. The largest absolute Gasteiger partial charge is 0.381 e. The Morgan fingerprint density at radius 1 is 1.18 bits per heavy atom. The first-order chi connectivity index (χ1) is 13.3. The maximum atomic E-state index is 5.74. The molecule has 6 nitrogen and oxygen atoms in total. The fourth-order valence-electron chi connectivity index (χ4n) is 3.02. The van der Waals surface area contributed by atoms with Gasteiger partial charge < -0.3 is 20.1 Å². The number of nitrogens with zero attached hydrogens (tertiary/aromatic N) is 2. The minimum Gasteiger partial charge on any atom is -0.381 e. The van der Waals surface area contributed by atoms with Crippen molar-refractivity contribution in [2.24, 2.45) is 4.99 Å². The molecule has 1 saturated heterocycles. The average Bonchev–Trinajstić information content (AvgIpc) is 2.72. The highest BCUT2D eigenvalue weighted by molar-refractivity contribution is 14.0. The molecule has 1 fully saturated rings. The average molecular weight is 504 g/mol. The first kappa shape index (κ1) is 25.1. The van der Waals surface area contributed by atoms with Crippen LogP contribution < -0.4 is 10.6 Å². The van der Waals surface area contributed by atoms with Gasteiger partial charge in [0.15, 0.2) is 5.96 Å². The molecule has 1 aromatic rings. The number of rotatable bonds is 11. The minimum absolute atomic E-state index is 0. The summed E-state index contributed by atoms with van der Waals surface area (Å²) in [7, 11) is 0. The molecule has 2 N–H and O–H groups in total. The Labute approximate surface area is 187 Å². The summed E-state index contributed by atoms with van der Waals surface area (Å²) in [6.45, 7) is 12.1. The molecule has 1 aromatic carbocycles. The van der Waals surface area contributed by atoms with Gasteiger partial charge in [0.1, 0.15) is 0 Å². The van der Waals surface area contributed by atoms with Crippen molar-refractivity contribution in [3.05, 3.63) is 35.9 Å². The molecule has 7 heteroatoms. The van der Waals surface area contributed by atoms with Crippen molar-refractivity contribution < 1.29 is 9.47 Å². The van der Waals surface area contributed by atoms with E-state index in [4.69, 9.17) is 14.5 Å². The second-order valence-corrected chi connectivity index (χ2v) is 6.85. The van der Waals surface area contributed by atoms with Gasteiger partial charge in [-0.25, -0.2) is 0 Å². The van der Waals surface area contributed by atoms with Crippen LogP contribution in [0.5, 0.6) is 0 Å². The molecule has 0 aromatic heterocycles. The van der Waals surface area contributed by atoms with Crippen molar-refractivity contribution in [1.82, 2.24) is 15.5 Å². The van der Waals surface area contributed by atoms with E-state index in [0.29, 0.717) is 6.04 Å². The molecular formula is C21H37IN4O2. The van der Waals surface area contributed by atoms with Crippen LogP contribution >= 0.6 is 24.0 Å². The molecule has 0 radical (unpaired) electrons. The lowest BCUT2D eigenvalue weighted by molar-refractivity contribution is 0.0220. The van der Waals surface area contributed by atoms with Gasteiger partial charge in [0.25, 0.3) is 0 Å². The molecule has 0 saturated carbocycles. The second kappa shape index (κ2) is 16.0. The maximum Gasteiger partial charge on any atom is 0.191 e. The molecule has 1 aliphatic rings. The topological polar surface area (TPSA) is 58.1 Å². The quantitative estimate of drug-likeness (QED) is 0.210. The number of nitrogens with one attached hydrogen (secondary N) is 2. The van der Waals surface area contributed by atoms with Crippen LogP contribution in [0.3, 0.4) is 0 Å². The Hall–Kier alpha value is -0.900. The third-order valence-corrected chi connectivity index (χ3v) is 4.66. The van der Waals surface area contributed by atoms with Crippen LogP contribution in [-0.2, 0) is 15.9 Å². The summed E-state index contributed by atoms with van der Waals surface area (Å²) in [5.41, 5.74) is 1.33. The summed E-state index contributed by atoms with van der Waals surface area (Å²) in [6, 6.07) is 10.9. The smallest absolute Gasteiger partial charge is 0.191 e. The minimum atomic E-state index is 0. The number of ether oxygens (including phenoxy) is 2. The number of morpholine rings is 1. The van der Waals surface area contributed by atoms with Crippen LogP contribution in [0.1, 0.15) is 25.8 Å². The first-order valence-electron chi connectivity index (χ1n) is 10.2. The Kier molecular flexibility index (Phi) is 14.3. The van der Waals surface area contributed by atoms with Crippen LogP contribution in [0, 0.1) is 0 Å². The number of hydrogen-bond acceptors (Lipinski definition) is 4. The Morgan fingerprint density at radius 3 is 2.64 bits per heavy atom. The molecule has 0 amide bonds. The summed E-state index contributed by atoms with van der Waals surface area (Å²) in [6.07, 6.45) is 1.94. The van der Waals surface area contributed by atoms with E-state index >= 15 is 0 Å². The highest BCUT2D eigenvalue weighted by atomic mass is 127. The van der Waals surface area contributed by atoms with Gasteiger partial charge in [0.05, 0.1) is 26.4 Å². The number of benzene rings is 1. The van der Waals surface area contributed by atoms with E-state index in [2.05, 4.69) is 53.6 Å². The van der Waals surface area contributed by atoms with Gasteiger partial charge in [-0.3, -0.25) is 9.89 Å². The van der Waals surface area contributed by atoms with Crippen LogP contribution in [-0.4, -0.2) is 76.1 Å². The molecule has 0 spiro atoms. The van der Waals surface area contributed by atoms with Crippen molar-refractivity contribution in [2.45, 2.75) is 32.7 Å². The van der Waals surface area contributed by atoms with Crippen LogP contribution in [0.25, 0.3) is 0 Å². The van der Waals surface area contributed by atoms with Gasteiger partial charge in [-0.15, -0.1) is 24.0 Å². The summed E-state index contributed by atoms with van der Waals surface area (Å²) in [4.78, 5) is 7.17. The number of guanidine groups is 1. The van der Waals surface area contributed by atoms with Crippen molar-refractivity contribution in [1.29, 1.82) is 0 Å². The molecule has 0 aliphatic carbocycles. The number of hydrogen-bond donors (Lipinski definition) is 2. The monoisotopic (exact) mass is 504 g/mol. The first-order valence-corrected chi connectivity index (χ1v) is 10.2. The van der Waals surface area contributed by atoms with Crippen molar-refractivity contribution in [2.75, 3.05) is 59.2 Å². The SMILES string of the molecule is CCNC(=NCC(C)N1CCOCC1)NCCCOCCc1ccccc1.I. The lowest BCUT2D eigenvalue weighted by Gasteiger charge is -2.31. The van der Waals surface area contributed by atoms with Crippen LogP contribution in [0.15, 0.2) is 35.3 Å². The number of aliphatic imine (C=N–C) groups is 1. The van der Waals surface area contributed by atoms with Crippen molar-refractivity contribution >= 4 is 29.9 Å². The van der Waals surface area contributed by atoms with Crippen LogP contribution in [0.2, 0.25) is 0 Å². The normalized spacial score (nSPS) is 16.3. The standard InChI is InChI=1S/C21H36N4O2.HI/c1-3-22-21(24-18-19(2)25-12-16-27-17-13-25)23-11-7-14-26-15-10-20-8-5-4-6-9-20;/h4-6,8-9,19H,3,7,10-18H2,1-2H3,(H2,22,23,24);1H. The van der Waals surface area contributed by atoms with Gasteiger partial charge in [-0.2, -0.15) is 0 Å². The zero-order valence-corrected chi connectivity index (χ0v) is 19.7. The van der Waals surface area contributed by atoms with E-state index in [-0.39, 0.29) is 24.0 Å². The Balaban J connectivity index is 0.00000392. The molecule has 1 atom stereocenters. The van der Waals surface area contributed by atoms with E-state index in [1.54, 1.807) is 0 Å². The van der Waals surface area contributed by atoms with Crippen LogP contribution in [0.4, 0.5) is 0 Å². The molecule has 160 valence electrons. The van der Waals surface area contributed by atoms with Gasteiger partial charge in [-0.05, 0) is 32.3 Å². The second-order valence-electron chi connectivity index (χ2n) is 6.85. The molecule has 0 bridgehead atoms. The van der Waals surface area contributed by atoms with Crippen molar-refractivity contribution in [3.63, 3.8) is 0 Å². The van der Waals surface area contributed by atoms with E-state index in [1.165, 1.54) is 5.56 Å². The van der Waals surface area contributed by atoms with Crippen molar-refractivity contribution in [3.8, 4) is 0 Å². The molecule has 1 aliphatic heterocycles. The number of halogens is 1. The molecule has 2 rings (SSSR count). The van der Waals surface area contributed by atoms with Gasteiger partial charge in [0, 0.05) is 38.8 Å². The maximum absolute atomic E-state index is 5.74. The molecular weight excluding hydrogens is 467 g/mol. The Morgan fingerprint density at radius 2 is 1.93 bits per heavy atom. The molecule has 1 heterocycles. The summed E-state index contributed by atoms with van der Waals surface area (Å²) in [5.74, 6) is 0.891. The zero-order chi connectivity index (χ0) is 19.2. The molecule has 28 heavy (non-hydrogen) atoms. The predicted octanol–water partition coefficient (Wildman–Crippen LogP) is 2.53. The molecule has 1 unspecified atom stereocenters. The highest BCUT2D eigenvalue weighted by Gasteiger charge is 2.16. The highest BCUT2D eigenvalue weighted by Crippen LogP contribution is 2.04. The third-order valence-electron chi connectivity index (χ3n) is 4.66. The van der Waals surface area contributed by atoms with E-state index in [0.717, 1.165) is 78.0 Å². The van der Waals surface area contributed by atoms with Gasteiger partial charge in [-0.1, -0.05) is 30.3 Å². The zero-order valence-electron chi connectivity index (χ0n) is 17.4. The van der Waals surface area contributed by atoms with Gasteiger partial charge >= 0.3 is 0 Å². The van der Waals surface area contributed by atoms with Gasteiger partial charge in [0.2, 0.25) is 0 Å². The predicted molar refractivity (Wildman–Crippen MR) is 127 cm³/mol.